The average Bonchev–Trinajstić information content (AvgIpc) is 3.51. The van der Waals surface area contributed by atoms with Crippen molar-refractivity contribution in [2.75, 3.05) is 26.7 Å². The van der Waals surface area contributed by atoms with Crippen LogP contribution < -0.4 is 17.0 Å². The topological polar surface area (TPSA) is 93.3 Å². The van der Waals surface area contributed by atoms with Gasteiger partial charge in [0.2, 0.25) is 0 Å². The molecule has 0 amide bonds. The number of rotatable bonds is 6. The van der Waals surface area contributed by atoms with Crippen LogP contribution in [-0.2, 0) is 4.74 Å². The molecule has 4 atom stereocenters. The van der Waals surface area contributed by atoms with Gasteiger partial charge in [0.15, 0.2) is 17.5 Å². The number of aromatic amines is 1. The summed E-state index contributed by atoms with van der Waals surface area (Å²) in [5.41, 5.74) is 4.32. The number of hydrogen-bond donors (Lipinski definition) is 2. The van der Waals surface area contributed by atoms with Crippen LogP contribution in [0.25, 0.3) is 5.76 Å². The predicted octanol–water partition coefficient (Wildman–Crippen LogP) is 3.28. The number of aromatic nitrogens is 2. The monoisotopic (exact) mass is 528 g/mol. The van der Waals surface area contributed by atoms with E-state index in [0.29, 0.717) is 12.8 Å². The molecular formula is C22H27F7N4O3. The van der Waals surface area contributed by atoms with Gasteiger partial charge < -0.3 is 10.5 Å². The van der Waals surface area contributed by atoms with E-state index in [-0.39, 0.29) is 36.9 Å². The molecule has 0 bridgehead atoms. The van der Waals surface area contributed by atoms with Gasteiger partial charge in [-0.25, -0.2) is 9.18 Å². The molecule has 2 fully saturated rings. The third kappa shape index (κ3) is 4.57. The highest BCUT2D eigenvalue weighted by Gasteiger charge is 2.58. The fraction of sp³-hybridized carbons (Fsp3) is 0.727. The van der Waals surface area contributed by atoms with E-state index in [9.17, 15) is 35.9 Å². The summed E-state index contributed by atoms with van der Waals surface area (Å²) < 4.78 is 102. The Morgan fingerprint density at radius 3 is 2.17 bits per heavy atom. The first-order valence-corrected chi connectivity index (χ1v) is 11.6. The quantitative estimate of drug-likeness (QED) is 0.553. The van der Waals surface area contributed by atoms with E-state index in [1.807, 2.05) is 0 Å². The molecule has 1 aromatic rings. The van der Waals surface area contributed by atoms with Crippen LogP contribution in [0, 0.1) is 17.8 Å². The number of H-pyrrole nitrogens is 1. The van der Waals surface area contributed by atoms with E-state index in [0.717, 1.165) is 7.11 Å². The number of halogens is 7. The molecule has 0 spiro atoms. The van der Waals surface area contributed by atoms with Crippen LogP contribution in [0.4, 0.5) is 30.7 Å². The minimum absolute atomic E-state index is 0.0464. The Bertz CT molecular complexity index is 1140. The van der Waals surface area contributed by atoms with Crippen molar-refractivity contribution in [3.8, 4) is 0 Å². The Balaban J connectivity index is 1.73. The molecule has 1 saturated carbocycles. The normalized spacial score (nSPS) is 27.6. The van der Waals surface area contributed by atoms with Crippen molar-refractivity contribution in [3.05, 3.63) is 37.9 Å². The summed E-state index contributed by atoms with van der Waals surface area (Å²) in [4.78, 5) is 28.9. The van der Waals surface area contributed by atoms with Gasteiger partial charge in [0, 0.05) is 30.7 Å². The SMILES string of the molecule is COC1=C(F)C(N2CC(CN)C(CC(C(F)(F)F)C(F)(F)F)C2)C(C)c2c1c(=O)[nH]c(=O)n2C1CC1. The Hall–Kier alpha value is -2.35. The fourth-order valence-electron chi connectivity index (χ4n) is 5.72. The van der Waals surface area contributed by atoms with Crippen LogP contribution >= 0.6 is 0 Å². The third-order valence-electron chi connectivity index (χ3n) is 7.54. The van der Waals surface area contributed by atoms with Gasteiger partial charge in [-0.15, -0.1) is 0 Å². The Labute approximate surface area is 201 Å². The summed E-state index contributed by atoms with van der Waals surface area (Å²) in [6.45, 7) is 1.08. The summed E-state index contributed by atoms with van der Waals surface area (Å²) in [5.74, 6) is -7.45. The van der Waals surface area contributed by atoms with Gasteiger partial charge in [-0.05, 0) is 37.6 Å². The van der Waals surface area contributed by atoms with Crippen molar-refractivity contribution in [2.24, 2.45) is 23.5 Å². The molecule has 2 aliphatic carbocycles. The van der Waals surface area contributed by atoms with E-state index < -0.39 is 71.3 Å². The minimum atomic E-state index is -5.49. The second kappa shape index (κ2) is 9.19. The maximum atomic E-state index is 15.8. The van der Waals surface area contributed by atoms with Crippen molar-refractivity contribution in [1.29, 1.82) is 0 Å². The molecule has 4 rings (SSSR count). The molecule has 36 heavy (non-hydrogen) atoms. The number of fused-ring (bicyclic) bond motifs is 1. The predicted molar refractivity (Wildman–Crippen MR) is 115 cm³/mol. The van der Waals surface area contributed by atoms with Crippen LogP contribution in [0.15, 0.2) is 15.4 Å². The van der Waals surface area contributed by atoms with E-state index in [2.05, 4.69) is 4.98 Å². The van der Waals surface area contributed by atoms with E-state index >= 15 is 4.39 Å². The summed E-state index contributed by atoms with van der Waals surface area (Å²) >= 11 is 0. The summed E-state index contributed by atoms with van der Waals surface area (Å²) in [7, 11) is 1.14. The number of nitrogens with two attached hydrogens (primary N) is 1. The van der Waals surface area contributed by atoms with Crippen LogP contribution in [0.5, 0.6) is 0 Å². The second-order valence-electron chi connectivity index (χ2n) is 9.82. The Kier molecular flexibility index (Phi) is 6.82. The Morgan fingerprint density at radius 1 is 1.08 bits per heavy atom. The molecule has 3 aliphatic rings. The first kappa shape index (κ1) is 26.7. The molecule has 202 valence electrons. The lowest BCUT2D eigenvalue weighted by molar-refractivity contribution is -0.288. The molecule has 1 aliphatic heterocycles. The first-order chi connectivity index (χ1) is 16.7. The molecule has 1 saturated heterocycles. The van der Waals surface area contributed by atoms with Crippen molar-refractivity contribution in [3.63, 3.8) is 0 Å². The standard InChI is InChI=1S/C22H27F7N4O3/c1-9-16-14(19(34)31-20(35)33(16)12-3-4-12)18(36-2)15(23)17(9)32-7-10(11(6-30)8-32)5-13(21(24,25)26)22(27,28)29/h9-13,17H,3-8,30H2,1-2H3,(H,31,34,35). The Morgan fingerprint density at radius 2 is 1.67 bits per heavy atom. The molecule has 3 N–H and O–H groups in total. The van der Waals surface area contributed by atoms with E-state index in [1.54, 1.807) is 6.92 Å². The molecule has 1 aromatic heterocycles. The summed E-state index contributed by atoms with van der Waals surface area (Å²) in [6.07, 6.45) is -10.9. The summed E-state index contributed by atoms with van der Waals surface area (Å²) in [6, 6.07) is -1.36. The molecule has 4 unspecified atom stereocenters. The maximum Gasteiger partial charge on any atom is 0.400 e. The molecule has 7 nitrogen and oxygen atoms in total. The smallest absolute Gasteiger partial charge is 0.400 e. The van der Waals surface area contributed by atoms with Gasteiger partial charge in [-0.2, -0.15) is 26.3 Å². The van der Waals surface area contributed by atoms with Gasteiger partial charge >= 0.3 is 18.0 Å². The number of ether oxygens (including phenoxy) is 1. The highest BCUT2D eigenvalue weighted by molar-refractivity contribution is 5.67. The van der Waals surface area contributed by atoms with Crippen LogP contribution in [-0.4, -0.2) is 59.6 Å². The molecule has 14 heteroatoms. The highest BCUT2D eigenvalue weighted by Crippen LogP contribution is 2.48. The molecular weight excluding hydrogens is 501 g/mol. The zero-order valence-corrected chi connectivity index (χ0v) is 19.5. The maximum absolute atomic E-state index is 15.8. The zero-order chi connectivity index (χ0) is 26.7. The molecule has 0 radical (unpaired) electrons. The zero-order valence-electron chi connectivity index (χ0n) is 19.5. The number of nitrogens with one attached hydrogen (secondary N) is 1. The van der Waals surface area contributed by atoms with Gasteiger partial charge in [0.25, 0.3) is 5.56 Å². The van der Waals surface area contributed by atoms with Crippen molar-refractivity contribution in [2.45, 2.75) is 56.5 Å². The number of hydrogen-bond acceptors (Lipinski definition) is 5. The van der Waals surface area contributed by atoms with E-state index in [4.69, 9.17) is 10.5 Å². The lowest BCUT2D eigenvalue weighted by atomic mass is 9.85. The molecule has 2 heterocycles. The van der Waals surface area contributed by atoms with Crippen LogP contribution in [0.2, 0.25) is 0 Å². The lowest BCUT2D eigenvalue weighted by Crippen LogP contribution is -2.46. The van der Waals surface area contributed by atoms with Gasteiger partial charge in [0.1, 0.15) is 5.56 Å². The second-order valence-corrected chi connectivity index (χ2v) is 9.82. The van der Waals surface area contributed by atoms with E-state index in [1.165, 1.54) is 9.47 Å². The average molecular weight is 528 g/mol. The van der Waals surface area contributed by atoms with Gasteiger partial charge in [0.05, 0.1) is 13.2 Å². The number of alkyl halides is 6. The lowest BCUT2D eigenvalue weighted by Gasteiger charge is -2.37. The minimum Gasteiger partial charge on any atom is -0.493 e. The number of nitrogens with zero attached hydrogens (tertiary/aromatic N) is 2. The molecule has 0 aromatic carbocycles. The van der Waals surface area contributed by atoms with Crippen LogP contribution in [0.3, 0.4) is 0 Å². The summed E-state index contributed by atoms with van der Waals surface area (Å²) in [5, 5.41) is 0. The number of likely N-dealkylation sites (tertiary alicyclic amines) is 1. The van der Waals surface area contributed by atoms with Gasteiger partial charge in [-0.1, -0.05) is 6.92 Å². The first-order valence-electron chi connectivity index (χ1n) is 11.6. The fourth-order valence-corrected chi connectivity index (χ4v) is 5.72. The largest absolute Gasteiger partial charge is 0.493 e. The number of methoxy groups -OCH3 is 1. The highest BCUT2D eigenvalue weighted by atomic mass is 19.4. The van der Waals surface area contributed by atoms with Gasteiger partial charge in [-0.3, -0.25) is 19.2 Å². The van der Waals surface area contributed by atoms with Crippen molar-refractivity contribution < 1.29 is 35.5 Å². The van der Waals surface area contributed by atoms with Crippen molar-refractivity contribution >= 4 is 5.76 Å². The van der Waals surface area contributed by atoms with Crippen LogP contribution in [0.1, 0.15) is 49.4 Å². The van der Waals surface area contributed by atoms with Crippen molar-refractivity contribution in [1.82, 2.24) is 14.5 Å². The third-order valence-corrected chi connectivity index (χ3v) is 7.54.